The summed E-state index contributed by atoms with van der Waals surface area (Å²) in [5.41, 5.74) is 7.34. The van der Waals surface area contributed by atoms with Gasteiger partial charge in [0.15, 0.2) is 11.0 Å². The molecule has 3 nitrogen and oxygen atoms in total. The van der Waals surface area contributed by atoms with Crippen molar-refractivity contribution in [3.63, 3.8) is 0 Å². The van der Waals surface area contributed by atoms with Gasteiger partial charge >= 0.3 is 0 Å². The van der Waals surface area contributed by atoms with Crippen LogP contribution in [0.3, 0.4) is 0 Å². The Bertz CT molecular complexity index is 1460. The molecule has 0 unspecified atom stereocenters. The van der Waals surface area contributed by atoms with E-state index in [1.165, 1.54) is 49.9 Å². The lowest BCUT2D eigenvalue weighted by atomic mass is 10.2. The van der Waals surface area contributed by atoms with Crippen molar-refractivity contribution in [1.82, 2.24) is 9.13 Å². The lowest BCUT2D eigenvalue weighted by Gasteiger charge is -2.08. The van der Waals surface area contributed by atoms with E-state index in [0.29, 0.717) is 0 Å². The van der Waals surface area contributed by atoms with E-state index in [0.717, 1.165) is 0 Å². The first-order valence-corrected chi connectivity index (χ1v) is 10.3. The van der Waals surface area contributed by atoms with Crippen LogP contribution in [0.2, 0.25) is 0 Å². The second-order valence-corrected chi connectivity index (χ2v) is 7.85. The van der Waals surface area contributed by atoms with E-state index >= 15 is 0 Å². The highest BCUT2D eigenvalue weighted by Crippen LogP contribution is 2.32. The first-order chi connectivity index (χ1) is 14.7. The first kappa shape index (κ1) is 17.0. The third-order valence-corrected chi connectivity index (χ3v) is 6.20. The van der Waals surface area contributed by atoms with Crippen LogP contribution in [0, 0.1) is 0 Å². The minimum atomic E-state index is 1.18. The van der Waals surface area contributed by atoms with E-state index in [1.54, 1.807) is 0 Å². The molecule has 0 saturated heterocycles. The zero-order chi connectivity index (χ0) is 20.2. The largest absolute Gasteiger partial charge is 0.309 e. The fourth-order valence-electron chi connectivity index (χ4n) is 4.83. The van der Waals surface area contributed by atoms with Gasteiger partial charge in [-0.3, -0.25) is 0 Å². The Morgan fingerprint density at radius 3 is 1.73 bits per heavy atom. The van der Waals surface area contributed by atoms with Crippen LogP contribution in [0.5, 0.6) is 0 Å². The average Bonchev–Trinajstić information content (AvgIpc) is 3.26. The lowest BCUT2D eigenvalue weighted by molar-refractivity contribution is -0.634. The molecule has 0 aliphatic carbocycles. The molecule has 0 spiro atoms. The number of hydrogen-bond donors (Lipinski definition) is 0. The molecular weight excluding hydrogens is 366 g/mol. The molecule has 0 N–H and O–H groups in total. The van der Waals surface area contributed by atoms with E-state index in [4.69, 9.17) is 0 Å². The van der Waals surface area contributed by atoms with Gasteiger partial charge in [-0.1, -0.05) is 48.5 Å². The van der Waals surface area contributed by atoms with Gasteiger partial charge in [0.2, 0.25) is 0 Å². The third-order valence-electron chi connectivity index (χ3n) is 6.20. The smallest absolute Gasteiger partial charge is 0.289 e. The molecule has 6 rings (SSSR count). The summed E-state index contributed by atoms with van der Waals surface area (Å²) in [5, 5.41) is 2.58. The second-order valence-electron chi connectivity index (χ2n) is 7.85. The van der Waals surface area contributed by atoms with Crippen molar-refractivity contribution in [2.75, 3.05) is 0 Å². The maximum atomic E-state index is 2.36. The summed E-state index contributed by atoms with van der Waals surface area (Å²) in [7, 11) is 4.27. The van der Waals surface area contributed by atoms with Crippen LogP contribution >= 0.6 is 0 Å². The highest BCUT2D eigenvalue weighted by molar-refractivity contribution is 6.09. The molecule has 0 amide bonds. The monoisotopic (exact) mass is 388 g/mol. The standard InChI is InChI=1S/C27H22N3/c1-28-25-13-7-8-14-26(25)29(2)27(28)19-15-17-20(18-16-19)30-23-11-5-3-9-21(23)22-10-4-6-12-24(22)30/h3-18H,1-2H3/q+1. The van der Waals surface area contributed by atoms with Gasteiger partial charge in [-0.05, 0) is 48.5 Å². The fourth-order valence-corrected chi connectivity index (χ4v) is 4.83. The summed E-state index contributed by atoms with van der Waals surface area (Å²) in [5.74, 6) is 1.20. The van der Waals surface area contributed by atoms with Crippen molar-refractivity contribution in [1.29, 1.82) is 0 Å². The average molecular weight is 388 g/mol. The van der Waals surface area contributed by atoms with Gasteiger partial charge in [-0.25, -0.2) is 9.13 Å². The number of para-hydroxylation sites is 4. The molecular formula is C27H22N3+. The van der Waals surface area contributed by atoms with Crippen LogP contribution in [0.4, 0.5) is 0 Å². The van der Waals surface area contributed by atoms with Crippen molar-refractivity contribution in [3.05, 3.63) is 97.1 Å². The summed E-state index contributed by atoms with van der Waals surface area (Å²) in [6.07, 6.45) is 0. The summed E-state index contributed by atoms with van der Waals surface area (Å²) >= 11 is 0. The molecule has 3 heteroatoms. The van der Waals surface area contributed by atoms with Crippen molar-refractivity contribution >= 4 is 32.8 Å². The van der Waals surface area contributed by atoms with E-state index in [2.05, 4.69) is 125 Å². The number of rotatable bonds is 2. The van der Waals surface area contributed by atoms with Crippen LogP contribution in [-0.4, -0.2) is 9.13 Å². The van der Waals surface area contributed by atoms with Gasteiger partial charge in [0.25, 0.3) is 5.82 Å². The fraction of sp³-hybridized carbons (Fsp3) is 0.0741. The maximum absolute atomic E-state index is 2.36. The molecule has 0 radical (unpaired) electrons. The zero-order valence-electron chi connectivity index (χ0n) is 17.1. The van der Waals surface area contributed by atoms with Crippen LogP contribution < -0.4 is 4.57 Å². The molecule has 0 fully saturated rings. The van der Waals surface area contributed by atoms with E-state index < -0.39 is 0 Å². The van der Waals surface area contributed by atoms with Crippen LogP contribution in [0.15, 0.2) is 97.1 Å². The molecule has 144 valence electrons. The first-order valence-electron chi connectivity index (χ1n) is 10.3. The van der Waals surface area contributed by atoms with Gasteiger partial charge < -0.3 is 4.57 Å². The lowest BCUT2D eigenvalue weighted by Crippen LogP contribution is -2.29. The van der Waals surface area contributed by atoms with Crippen molar-refractivity contribution in [3.8, 4) is 17.1 Å². The number of benzene rings is 4. The maximum Gasteiger partial charge on any atom is 0.289 e. The Labute approximate surface area is 175 Å². The second kappa shape index (κ2) is 6.33. The predicted octanol–water partition coefficient (Wildman–Crippen LogP) is 5.77. The topological polar surface area (TPSA) is 13.7 Å². The van der Waals surface area contributed by atoms with Crippen LogP contribution in [0.1, 0.15) is 0 Å². The van der Waals surface area contributed by atoms with E-state index in [9.17, 15) is 0 Å². The minimum absolute atomic E-state index is 1.18. The molecule has 0 aliphatic rings. The Balaban J connectivity index is 1.55. The third kappa shape index (κ3) is 2.29. The number of aromatic nitrogens is 3. The molecule has 2 heterocycles. The number of aryl methyl sites for hydroxylation is 2. The minimum Gasteiger partial charge on any atom is -0.309 e. The molecule has 0 atom stereocenters. The van der Waals surface area contributed by atoms with E-state index in [-0.39, 0.29) is 0 Å². The predicted molar refractivity (Wildman–Crippen MR) is 124 cm³/mol. The number of nitrogens with zero attached hydrogens (tertiary/aromatic N) is 3. The van der Waals surface area contributed by atoms with Gasteiger partial charge in [-0.15, -0.1) is 0 Å². The Morgan fingerprint density at radius 1 is 0.600 bits per heavy atom. The van der Waals surface area contributed by atoms with Crippen molar-refractivity contribution in [2.45, 2.75) is 0 Å². The summed E-state index contributed by atoms with van der Waals surface area (Å²) in [6.45, 7) is 0. The molecule has 2 aromatic heterocycles. The Kier molecular flexibility index (Phi) is 3.59. The summed E-state index contributed by atoms with van der Waals surface area (Å²) < 4.78 is 6.89. The van der Waals surface area contributed by atoms with E-state index in [1.807, 2.05) is 0 Å². The highest BCUT2D eigenvalue weighted by atomic mass is 15.1. The number of imidazole rings is 1. The highest BCUT2D eigenvalue weighted by Gasteiger charge is 2.21. The summed E-state index contributed by atoms with van der Waals surface area (Å²) in [4.78, 5) is 0. The summed E-state index contributed by atoms with van der Waals surface area (Å²) in [6, 6.07) is 34.7. The zero-order valence-corrected chi connectivity index (χ0v) is 17.1. The van der Waals surface area contributed by atoms with Crippen LogP contribution in [0.25, 0.3) is 49.9 Å². The van der Waals surface area contributed by atoms with Gasteiger partial charge in [0, 0.05) is 16.5 Å². The molecule has 30 heavy (non-hydrogen) atoms. The van der Waals surface area contributed by atoms with Gasteiger partial charge in [0.1, 0.15) is 0 Å². The molecule has 0 bridgehead atoms. The SMILES string of the molecule is Cn1c(-c2ccc(-n3c4ccccc4c4ccccc43)cc2)[n+](C)c2ccccc21. The van der Waals surface area contributed by atoms with Gasteiger partial charge in [-0.2, -0.15) is 0 Å². The van der Waals surface area contributed by atoms with Crippen molar-refractivity contribution < 1.29 is 4.57 Å². The Morgan fingerprint density at radius 2 is 1.13 bits per heavy atom. The molecule has 6 aromatic rings. The number of hydrogen-bond acceptors (Lipinski definition) is 0. The molecule has 4 aromatic carbocycles. The number of fused-ring (bicyclic) bond motifs is 4. The van der Waals surface area contributed by atoms with Crippen molar-refractivity contribution in [2.24, 2.45) is 14.1 Å². The quantitative estimate of drug-likeness (QED) is 0.334. The Hall–Kier alpha value is -3.85. The van der Waals surface area contributed by atoms with Crippen LogP contribution in [-0.2, 0) is 14.1 Å². The molecule has 0 saturated carbocycles. The normalized spacial score (nSPS) is 11.7. The molecule has 0 aliphatic heterocycles. The van der Waals surface area contributed by atoms with Gasteiger partial charge in [0.05, 0.1) is 30.7 Å².